The number of anilines is 2. The molecule has 1 heterocycles. The third kappa shape index (κ3) is 3.80. The number of rotatable bonds is 3. The molecule has 7 heteroatoms. The van der Waals surface area contributed by atoms with E-state index in [1.807, 2.05) is 4.90 Å². The van der Waals surface area contributed by atoms with E-state index in [0.29, 0.717) is 5.69 Å². The lowest BCUT2D eigenvalue weighted by Gasteiger charge is -2.22. The number of amides is 1. The Bertz CT molecular complexity index is 511. The van der Waals surface area contributed by atoms with Gasteiger partial charge in [0.1, 0.15) is 0 Å². The van der Waals surface area contributed by atoms with E-state index in [4.69, 9.17) is 4.74 Å². The van der Waals surface area contributed by atoms with Gasteiger partial charge in [0.05, 0.1) is 23.5 Å². The van der Waals surface area contributed by atoms with Crippen LogP contribution in [0.4, 0.5) is 29.3 Å². The number of carbonyl (C=O) groups excluding carboxylic acids is 1. The molecule has 116 valence electrons. The minimum Gasteiger partial charge on any atom is -0.450 e. The molecule has 0 unspecified atom stereocenters. The highest BCUT2D eigenvalue weighted by atomic mass is 19.4. The van der Waals surface area contributed by atoms with Gasteiger partial charge in [-0.3, -0.25) is 5.32 Å². The molecule has 21 heavy (non-hydrogen) atoms. The molecule has 0 aromatic heterocycles. The van der Waals surface area contributed by atoms with Gasteiger partial charge in [-0.05, 0) is 38.0 Å². The van der Waals surface area contributed by atoms with E-state index in [-0.39, 0.29) is 12.3 Å². The quantitative estimate of drug-likeness (QED) is 0.921. The third-order valence-corrected chi connectivity index (χ3v) is 3.28. The number of nitrogens with one attached hydrogen (secondary N) is 1. The van der Waals surface area contributed by atoms with Crippen LogP contribution >= 0.6 is 0 Å². The minimum atomic E-state index is -4.45. The summed E-state index contributed by atoms with van der Waals surface area (Å²) in [7, 11) is 0. The Morgan fingerprint density at radius 2 is 2.00 bits per heavy atom. The highest BCUT2D eigenvalue weighted by Crippen LogP contribution is 2.36. The predicted molar refractivity (Wildman–Crippen MR) is 73.5 cm³/mol. The van der Waals surface area contributed by atoms with Gasteiger partial charge in [0, 0.05) is 13.1 Å². The van der Waals surface area contributed by atoms with Crippen molar-refractivity contribution >= 4 is 17.5 Å². The fourth-order valence-corrected chi connectivity index (χ4v) is 2.32. The van der Waals surface area contributed by atoms with E-state index in [1.54, 1.807) is 6.92 Å². The van der Waals surface area contributed by atoms with E-state index < -0.39 is 17.8 Å². The maximum absolute atomic E-state index is 12.8. The van der Waals surface area contributed by atoms with Crippen molar-refractivity contribution in [2.24, 2.45) is 0 Å². The van der Waals surface area contributed by atoms with Crippen molar-refractivity contribution in [2.45, 2.75) is 25.9 Å². The molecule has 1 aliphatic heterocycles. The lowest BCUT2D eigenvalue weighted by molar-refractivity contribution is -0.137. The van der Waals surface area contributed by atoms with E-state index in [2.05, 4.69) is 5.32 Å². The van der Waals surface area contributed by atoms with Crippen molar-refractivity contribution in [3.8, 4) is 0 Å². The number of nitrogens with zero attached hydrogens (tertiary/aromatic N) is 1. The lowest BCUT2D eigenvalue weighted by atomic mass is 10.1. The van der Waals surface area contributed by atoms with Crippen molar-refractivity contribution in [2.75, 3.05) is 29.9 Å². The largest absolute Gasteiger partial charge is 0.450 e. The van der Waals surface area contributed by atoms with Gasteiger partial charge in [-0.15, -0.1) is 0 Å². The van der Waals surface area contributed by atoms with Crippen LogP contribution in [-0.2, 0) is 10.9 Å². The standard InChI is InChI=1S/C14H17F3N2O2/c1-2-21-13(20)18-11-9-10(14(15,16)17)5-6-12(11)19-7-3-4-8-19/h5-6,9H,2-4,7-8H2,1H3,(H,18,20). The molecule has 0 radical (unpaired) electrons. The van der Waals surface area contributed by atoms with Crippen LogP contribution in [0.5, 0.6) is 0 Å². The first-order chi connectivity index (χ1) is 9.91. The highest BCUT2D eigenvalue weighted by molar-refractivity contribution is 5.90. The molecule has 1 saturated heterocycles. The predicted octanol–water partition coefficient (Wildman–Crippen LogP) is 3.87. The lowest BCUT2D eigenvalue weighted by Crippen LogP contribution is -2.22. The fourth-order valence-electron chi connectivity index (χ4n) is 2.32. The van der Waals surface area contributed by atoms with Crippen LogP contribution in [0.3, 0.4) is 0 Å². The van der Waals surface area contributed by atoms with Crippen LogP contribution in [0, 0.1) is 0 Å². The molecule has 1 aromatic carbocycles. The molecule has 4 nitrogen and oxygen atoms in total. The average molecular weight is 302 g/mol. The van der Waals surface area contributed by atoms with E-state index in [9.17, 15) is 18.0 Å². The second-order valence-electron chi connectivity index (χ2n) is 4.77. The van der Waals surface area contributed by atoms with Crippen molar-refractivity contribution in [1.29, 1.82) is 0 Å². The topological polar surface area (TPSA) is 41.6 Å². The van der Waals surface area contributed by atoms with Gasteiger partial charge in [-0.25, -0.2) is 4.79 Å². The van der Waals surface area contributed by atoms with Crippen LogP contribution in [0.15, 0.2) is 18.2 Å². The number of alkyl halides is 3. The van der Waals surface area contributed by atoms with Crippen molar-refractivity contribution in [1.82, 2.24) is 0 Å². The second-order valence-corrected chi connectivity index (χ2v) is 4.77. The molecule has 1 N–H and O–H groups in total. The summed E-state index contributed by atoms with van der Waals surface area (Å²) in [6, 6.07) is 3.38. The number of benzene rings is 1. The number of halogens is 3. The Morgan fingerprint density at radius 3 is 2.57 bits per heavy atom. The van der Waals surface area contributed by atoms with Gasteiger partial charge < -0.3 is 9.64 Å². The maximum Gasteiger partial charge on any atom is 0.416 e. The van der Waals surface area contributed by atoms with E-state index in [1.165, 1.54) is 6.07 Å². The van der Waals surface area contributed by atoms with Gasteiger partial charge in [0.15, 0.2) is 0 Å². The summed E-state index contributed by atoms with van der Waals surface area (Å²) in [5.41, 5.74) is -0.0732. The molecule has 1 aromatic rings. The Labute approximate surface area is 120 Å². The first kappa shape index (κ1) is 15.5. The second kappa shape index (κ2) is 6.24. The molecule has 1 fully saturated rings. The zero-order valence-corrected chi connectivity index (χ0v) is 11.7. The molecule has 0 bridgehead atoms. The monoisotopic (exact) mass is 302 g/mol. The molecule has 1 amide bonds. The first-order valence-electron chi connectivity index (χ1n) is 6.82. The molecule has 0 aliphatic carbocycles. The van der Waals surface area contributed by atoms with Crippen LogP contribution < -0.4 is 10.2 Å². The number of ether oxygens (including phenoxy) is 1. The van der Waals surface area contributed by atoms with Crippen molar-refractivity contribution in [3.63, 3.8) is 0 Å². The zero-order chi connectivity index (χ0) is 15.5. The van der Waals surface area contributed by atoms with Gasteiger partial charge >= 0.3 is 12.3 Å². The Morgan fingerprint density at radius 1 is 1.33 bits per heavy atom. The normalized spacial score (nSPS) is 15.1. The van der Waals surface area contributed by atoms with E-state index >= 15 is 0 Å². The average Bonchev–Trinajstić information content (AvgIpc) is 2.91. The van der Waals surface area contributed by atoms with Crippen molar-refractivity contribution in [3.05, 3.63) is 23.8 Å². The SMILES string of the molecule is CCOC(=O)Nc1cc(C(F)(F)F)ccc1N1CCCC1. The maximum atomic E-state index is 12.8. The number of hydrogen-bond acceptors (Lipinski definition) is 3. The Hall–Kier alpha value is -1.92. The van der Waals surface area contributed by atoms with Crippen LogP contribution in [0.25, 0.3) is 0 Å². The highest BCUT2D eigenvalue weighted by Gasteiger charge is 2.32. The summed E-state index contributed by atoms with van der Waals surface area (Å²) in [5.74, 6) is 0. The fraction of sp³-hybridized carbons (Fsp3) is 0.500. The summed E-state index contributed by atoms with van der Waals surface area (Å²) in [5, 5.41) is 2.40. The summed E-state index contributed by atoms with van der Waals surface area (Å²) in [6.45, 7) is 3.32. The molecule has 0 spiro atoms. The molecular weight excluding hydrogens is 285 g/mol. The number of carbonyl (C=O) groups is 1. The number of hydrogen-bond donors (Lipinski definition) is 1. The van der Waals surface area contributed by atoms with Crippen molar-refractivity contribution < 1.29 is 22.7 Å². The third-order valence-electron chi connectivity index (χ3n) is 3.28. The van der Waals surface area contributed by atoms with Gasteiger partial charge in [0.25, 0.3) is 0 Å². The minimum absolute atomic E-state index is 0.130. The Balaban J connectivity index is 2.32. The van der Waals surface area contributed by atoms with Crippen LogP contribution in [-0.4, -0.2) is 25.8 Å². The van der Waals surface area contributed by atoms with Gasteiger partial charge in [-0.1, -0.05) is 0 Å². The smallest absolute Gasteiger partial charge is 0.416 e. The van der Waals surface area contributed by atoms with E-state index in [0.717, 1.165) is 38.1 Å². The van der Waals surface area contributed by atoms with Crippen LogP contribution in [0.1, 0.15) is 25.3 Å². The zero-order valence-electron chi connectivity index (χ0n) is 11.7. The van der Waals surface area contributed by atoms with Gasteiger partial charge in [-0.2, -0.15) is 13.2 Å². The molecule has 0 atom stereocenters. The summed E-state index contributed by atoms with van der Waals surface area (Å²) >= 11 is 0. The summed E-state index contributed by atoms with van der Waals surface area (Å²) < 4.78 is 43.2. The van der Waals surface area contributed by atoms with Gasteiger partial charge in [0.2, 0.25) is 0 Å². The summed E-state index contributed by atoms with van der Waals surface area (Å²) in [6.07, 6.45) is -3.23. The first-order valence-corrected chi connectivity index (χ1v) is 6.82. The summed E-state index contributed by atoms with van der Waals surface area (Å²) in [4.78, 5) is 13.5. The molecule has 2 rings (SSSR count). The molecule has 0 saturated carbocycles. The Kier molecular flexibility index (Phi) is 4.59. The van der Waals surface area contributed by atoms with Crippen LogP contribution in [0.2, 0.25) is 0 Å². The molecular formula is C14H17F3N2O2. The molecule has 1 aliphatic rings.